The molecule has 0 bridgehead atoms. The van der Waals surface area contributed by atoms with E-state index in [1.165, 1.54) is 25.4 Å². The van der Waals surface area contributed by atoms with Gasteiger partial charge in [-0.1, -0.05) is 0 Å². The summed E-state index contributed by atoms with van der Waals surface area (Å²) < 4.78 is 39.8. The Balaban J connectivity index is 2.49. The summed E-state index contributed by atoms with van der Waals surface area (Å²) in [6, 6.07) is 2.92. The average Bonchev–Trinajstić information content (AvgIpc) is 2.27. The zero-order valence-corrected chi connectivity index (χ0v) is 9.04. The van der Waals surface area contributed by atoms with Gasteiger partial charge in [0.1, 0.15) is 6.61 Å². The molecule has 1 N–H and O–H groups in total. The van der Waals surface area contributed by atoms with Crippen LogP contribution in [0.25, 0.3) is 0 Å². The largest absolute Gasteiger partial charge is 0.411 e. The van der Waals surface area contributed by atoms with Crippen LogP contribution in [0.3, 0.4) is 0 Å². The Kier molecular flexibility index (Phi) is 4.45. The van der Waals surface area contributed by atoms with Crippen molar-refractivity contribution in [3.63, 3.8) is 0 Å². The number of carbonyl (C=O) groups excluding carboxylic acids is 1. The fraction of sp³-hybridized carbons (Fsp3) is 0.400. The molecule has 0 fully saturated rings. The van der Waals surface area contributed by atoms with Crippen LogP contribution in [0.1, 0.15) is 16.1 Å². The number of ether oxygens (including phenoxy) is 1. The molecule has 0 saturated carbocycles. The van der Waals surface area contributed by atoms with E-state index >= 15 is 0 Å². The SMILES string of the molecule is CNC(=O)c1ccc(COCC(F)(F)F)nc1. The molecule has 0 saturated heterocycles. The lowest BCUT2D eigenvalue weighted by Gasteiger charge is -2.07. The predicted molar refractivity (Wildman–Crippen MR) is 53.3 cm³/mol. The fourth-order valence-corrected chi connectivity index (χ4v) is 1.06. The van der Waals surface area contributed by atoms with E-state index in [4.69, 9.17) is 0 Å². The van der Waals surface area contributed by atoms with Crippen LogP contribution in [0.2, 0.25) is 0 Å². The number of halogens is 3. The van der Waals surface area contributed by atoms with Crippen LogP contribution in [-0.4, -0.2) is 30.7 Å². The van der Waals surface area contributed by atoms with Gasteiger partial charge in [0.25, 0.3) is 5.91 Å². The molecule has 1 rings (SSSR count). The molecule has 0 radical (unpaired) electrons. The van der Waals surface area contributed by atoms with Gasteiger partial charge >= 0.3 is 6.18 Å². The second-order valence-electron chi connectivity index (χ2n) is 3.23. The average molecular weight is 248 g/mol. The van der Waals surface area contributed by atoms with Gasteiger partial charge in [-0.05, 0) is 12.1 Å². The molecule has 7 heteroatoms. The van der Waals surface area contributed by atoms with Crippen molar-refractivity contribution in [3.05, 3.63) is 29.6 Å². The summed E-state index contributed by atoms with van der Waals surface area (Å²) in [7, 11) is 1.47. The van der Waals surface area contributed by atoms with Crippen LogP contribution >= 0.6 is 0 Å². The summed E-state index contributed by atoms with van der Waals surface area (Å²) in [5, 5.41) is 2.40. The minimum absolute atomic E-state index is 0.243. The van der Waals surface area contributed by atoms with Gasteiger partial charge in [-0.2, -0.15) is 13.2 Å². The highest BCUT2D eigenvalue weighted by Gasteiger charge is 2.27. The van der Waals surface area contributed by atoms with Crippen molar-refractivity contribution in [2.24, 2.45) is 0 Å². The number of nitrogens with zero attached hydrogens (tertiary/aromatic N) is 1. The smallest absolute Gasteiger partial charge is 0.366 e. The van der Waals surface area contributed by atoms with Crippen molar-refractivity contribution < 1.29 is 22.7 Å². The molecule has 0 aliphatic carbocycles. The zero-order chi connectivity index (χ0) is 12.9. The minimum atomic E-state index is -4.35. The van der Waals surface area contributed by atoms with Gasteiger partial charge < -0.3 is 10.1 Å². The van der Waals surface area contributed by atoms with Crippen LogP contribution in [0, 0.1) is 0 Å². The standard InChI is InChI=1S/C10H11F3N2O2/c1-14-9(16)7-2-3-8(15-4-7)5-17-6-10(11,12)13/h2-4H,5-6H2,1H3,(H,14,16). The molecule has 4 nitrogen and oxygen atoms in total. The van der Waals surface area contributed by atoms with Crippen LogP contribution in [0.5, 0.6) is 0 Å². The Morgan fingerprint density at radius 2 is 2.18 bits per heavy atom. The Morgan fingerprint density at radius 1 is 1.47 bits per heavy atom. The molecular formula is C10H11F3N2O2. The van der Waals surface area contributed by atoms with E-state index in [-0.39, 0.29) is 12.5 Å². The summed E-state index contributed by atoms with van der Waals surface area (Å²) in [6.45, 7) is -1.56. The Bertz CT molecular complexity index is 376. The van der Waals surface area contributed by atoms with Crippen LogP contribution < -0.4 is 5.32 Å². The highest BCUT2D eigenvalue weighted by molar-refractivity contribution is 5.93. The topological polar surface area (TPSA) is 51.2 Å². The van der Waals surface area contributed by atoms with Crippen LogP contribution in [0.15, 0.2) is 18.3 Å². The van der Waals surface area contributed by atoms with Gasteiger partial charge in [0.15, 0.2) is 0 Å². The highest BCUT2D eigenvalue weighted by atomic mass is 19.4. The number of hydrogen-bond donors (Lipinski definition) is 1. The molecule has 94 valence electrons. The van der Waals surface area contributed by atoms with Crippen molar-refractivity contribution >= 4 is 5.91 Å². The first-order valence-electron chi connectivity index (χ1n) is 4.74. The first-order valence-corrected chi connectivity index (χ1v) is 4.74. The molecule has 0 unspecified atom stereocenters. The van der Waals surface area contributed by atoms with Gasteiger partial charge in [0.05, 0.1) is 17.9 Å². The van der Waals surface area contributed by atoms with Crippen LogP contribution in [0.4, 0.5) is 13.2 Å². The molecule has 17 heavy (non-hydrogen) atoms. The molecule has 0 aromatic carbocycles. The third kappa shape index (κ3) is 4.81. The van der Waals surface area contributed by atoms with Crippen molar-refractivity contribution in [1.29, 1.82) is 0 Å². The molecule has 0 aliphatic heterocycles. The normalized spacial score (nSPS) is 11.3. The van der Waals surface area contributed by atoms with Gasteiger partial charge in [0, 0.05) is 13.2 Å². The van der Waals surface area contributed by atoms with Gasteiger partial charge in [-0.15, -0.1) is 0 Å². The lowest BCUT2D eigenvalue weighted by Crippen LogP contribution is -2.18. The Labute approximate surface area is 95.8 Å². The predicted octanol–water partition coefficient (Wildman–Crippen LogP) is 1.52. The zero-order valence-electron chi connectivity index (χ0n) is 9.04. The molecule has 1 aromatic rings. The molecule has 0 aliphatic rings. The van der Waals surface area contributed by atoms with E-state index in [2.05, 4.69) is 15.0 Å². The number of rotatable bonds is 4. The monoisotopic (exact) mass is 248 g/mol. The van der Waals surface area contributed by atoms with E-state index in [0.29, 0.717) is 11.3 Å². The lowest BCUT2D eigenvalue weighted by molar-refractivity contribution is -0.176. The summed E-state index contributed by atoms with van der Waals surface area (Å²) in [5.74, 6) is -0.305. The Morgan fingerprint density at radius 3 is 2.65 bits per heavy atom. The van der Waals surface area contributed by atoms with E-state index in [1.54, 1.807) is 0 Å². The van der Waals surface area contributed by atoms with Gasteiger partial charge in [-0.3, -0.25) is 9.78 Å². The second kappa shape index (κ2) is 5.62. The minimum Gasteiger partial charge on any atom is -0.366 e. The summed E-state index contributed by atoms with van der Waals surface area (Å²) in [4.78, 5) is 15.0. The number of nitrogens with one attached hydrogen (secondary N) is 1. The van der Waals surface area contributed by atoms with Gasteiger partial charge in [-0.25, -0.2) is 0 Å². The van der Waals surface area contributed by atoms with Crippen molar-refractivity contribution in [2.75, 3.05) is 13.7 Å². The lowest BCUT2D eigenvalue weighted by atomic mass is 10.2. The molecule has 1 heterocycles. The summed E-state index contributed by atoms with van der Waals surface area (Å²) >= 11 is 0. The first-order chi connectivity index (χ1) is 7.92. The van der Waals surface area contributed by atoms with Crippen molar-refractivity contribution in [2.45, 2.75) is 12.8 Å². The third-order valence-corrected chi connectivity index (χ3v) is 1.83. The number of aromatic nitrogens is 1. The van der Waals surface area contributed by atoms with E-state index in [0.717, 1.165) is 0 Å². The number of carbonyl (C=O) groups is 1. The Hall–Kier alpha value is -1.63. The van der Waals surface area contributed by atoms with E-state index < -0.39 is 12.8 Å². The number of pyridine rings is 1. The molecule has 0 spiro atoms. The molecular weight excluding hydrogens is 237 g/mol. The maximum absolute atomic E-state index is 11.8. The van der Waals surface area contributed by atoms with E-state index in [1.807, 2.05) is 0 Å². The number of amides is 1. The third-order valence-electron chi connectivity index (χ3n) is 1.83. The quantitative estimate of drug-likeness (QED) is 0.878. The van der Waals surface area contributed by atoms with Crippen molar-refractivity contribution in [1.82, 2.24) is 10.3 Å². The highest BCUT2D eigenvalue weighted by Crippen LogP contribution is 2.15. The van der Waals surface area contributed by atoms with Crippen molar-refractivity contribution in [3.8, 4) is 0 Å². The maximum atomic E-state index is 11.8. The van der Waals surface area contributed by atoms with Crippen LogP contribution in [-0.2, 0) is 11.3 Å². The van der Waals surface area contributed by atoms with E-state index in [9.17, 15) is 18.0 Å². The maximum Gasteiger partial charge on any atom is 0.411 e. The molecule has 1 aromatic heterocycles. The first kappa shape index (κ1) is 13.4. The summed E-state index contributed by atoms with van der Waals surface area (Å²) in [6.07, 6.45) is -3.06. The molecule has 1 amide bonds. The summed E-state index contributed by atoms with van der Waals surface area (Å²) in [5.41, 5.74) is 0.675. The fourth-order valence-electron chi connectivity index (χ4n) is 1.06. The molecule has 0 atom stereocenters. The second-order valence-corrected chi connectivity index (χ2v) is 3.23. The van der Waals surface area contributed by atoms with Gasteiger partial charge in [0.2, 0.25) is 0 Å². The number of hydrogen-bond acceptors (Lipinski definition) is 3. The number of alkyl halides is 3.